The van der Waals surface area contributed by atoms with Gasteiger partial charge in [-0.05, 0) is 44.1 Å². The molecule has 13 heteroatoms. The average Bonchev–Trinajstić information content (AvgIpc) is 3.04. The summed E-state index contributed by atoms with van der Waals surface area (Å²) in [5.41, 5.74) is 5.45. The third-order valence-corrected chi connectivity index (χ3v) is 9.26. The van der Waals surface area contributed by atoms with Crippen molar-refractivity contribution in [3.63, 3.8) is 0 Å². The summed E-state index contributed by atoms with van der Waals surface area (Å²) in [5.74, 6) is -3.70. The van der Waals surface area contributed by atoms with Gasteiger partial charge in [0, 0.05) is 12.8 Å². The number of hydrogen-bond acceptors (Lipinski definition) is 7. The molecule has 0 aromatic rings. The molecule has 0 spiro atoms. The molecule has 0 radical (unpaired) electrons. The first kappa shape index (κ1) is 45.2. The first-order valence-corrected chi connectivity index (χ1v) is 19.5. The van der Waals surface area contributed by atoms with E-state index in [0.717, 1.165) is 19.3 Å². The summed E-state index contributed by atoms with van der Waals surface area (Å²) in [6.07, 6.45) is 17.8. The van der Waals surface area contributed by atoms with Crippen LogP contribution in [0.1, 0.15) is 143 Å². The van der Waals surface area contributed by atoms with Gasteiger partial charge in [0.15, 0.2) is 0 Å². The number of thioether (sulfide) groups is 1. The van der Waals surface area contributed by atoms with Crippen LogP contribution in [-0.4, -0.2) is 76.8 Å². The van der Waals surface area contributed by atoms with Crippen LogP contribution in [0.2, 0.25) is 0 Å². The molecule has 0 rings (SSSR count). The number of carbonyl (C=O) groups is 6. The zero-order valence-electron chi connectivity index (χ0n) is 30.2. The molecule has 0 saturated carbocycles. The minimum Gasteiger partial charge on any atom is -0.481 e. The molecule has 0 aromatic heterocycles. The number of carbonyl (C=O) groups excluding carboxylic acids is 5. The molecule has 0 fully saturated rings. The minimum atomic E-state index is -1.13. The van der Waals surface area contributed by atoms with E-state index < -0.39 is 53.8 Å². The molecule has 7 N–H and O–H groups in total. The number of unbranched alkanes of at least 4 members (excludes halogenated alkanes) is 12. The van der Waals surface area contributed by atoms with Crippen LogP contribution < -0.4 is 27.0 Å². The van der Waals surface area contributed by atoms with E-state index in [-0.39, 0.29) is 37.5 Å². The van der Waals surface area contributed by atoms with Crippen molar-refractivity contribution < 1.29 is 33.9 Å². The Bertz CT molecular complexity index is 968. The minimum absolute atomic E-state index is 0.134. The molecule has 0 aliphatic carbocycles. The second-order valence-electron chi connectivity index (χ2n) is 12.9. The molecule has 0 aliphatic heterocycles. The van der Waals surface area contributed by atoms with Crippen molar-refractivity contribution >= 4 is 47.3 Å². The van der Waals surface area contributed by atoms with Crippen molar-refractivity contribution in [2.45, 2.75) is 167 Å². The van der Waals surface area contributed by atoms with Crippen LogP contribution in [-0.2, 0) is 28.8 Å². The van der Waals surface area contributed by atoms with Gasteiger partial charge in [-0.25, -0.2) is 0 Å². The van der Waals surface area contributed by atoms with Crippen molar-refractivity contribution in [3.05, 3.63) is 0 Å². The summed E-state index contributed by atoms with van der Waals surface area (Å²) in [6.45, 7) is 7.34. The van der Waals surface area contributed by atoms with Crippen LogP contribution in [0.4, 0.5) is 0 Å². The van der Waals surface area contributed by atoms with E-state index in [0.29, 0.717) is 18.6 Å². The number of aliphatic carboxylic acids is 1. The van der Waals surface area contributed by atoms with Crippen LogP contribution in [0, 0.1) is 5.92 Å². The van der Waals surface area contributed by atoms with Crippen molar-refractivity contribution in [1.29, 1.82) is 0 Å². The first-order chi connectivity index (χ1) is 22.9. The first-order valence-electron chi connectivity index (χ1n) is 18.1. The second kappa shape index (κ2) is 28.1. The predicted octanol–water partition coefficient (Wildman–Crippen LogP) is 4.58. The predicted molar refractivity (Wildman–Crippen MR) is 192 cm³/mol. The Balaban J connectivity index is 4.96. The van der Waals surface area contributed by atoms with Gasteiger partial charge in [-0.15, -0.1) is 0 Å². The fourth-order valence-electron chi connectivity index (χ4n) is 5.27. The maximum atomic E-state index is 13.3. The normalized spacial score (nSPS) is 14.2. The lowest BCUT2D eigenvalue weighted by atomic mass is 9.98. The van der Waals surface area contributed by atoms with Crippen LogP contribution in [0.25, 0.3) is 0 Å². The number of primary amides is 1. The third-order valence-electron chi connectivity index (χ3n) is 8.62. The summed E-state index contributed by atoms with van der Waals surface area (Å²) in [7, 11) is 0. The maximum absolute atomic E-state index is 13.3. The molecule has 5 amide bonds. The van der Waals surface area contributed by atoms with Crippen LogP contribution in [0.5, 0.6) is 0 Å². The smallest absolute Gasteiger partial charge is 0.303 e. The van der Waals surface area contributed by atoms with Gasteiger partial charge in [-0.1, -0.05) is 104 Å². The fraction of sp³-hybridized carbons (Fsp3) is 0.829. The van der Waals surface area contributed by atoms with E-state index in [1.165, 1.54) is 76.5 Å². The van der Waals surface area contributed by atoms with E-state index in [9.17, 15) is 33.9 Å². The molecule has 0 bridgehead atoms. The highest BCUT2D eigenvalue weighted by Crippen LogP contribution is 2.13. The quantitative estimate of drug-likeness (QED) is 0.0586. The average molecular weight is 700 g/mol. The van der Waals surface area contributed by atoms with Gasteiger partial charge in [-0.2, -0.15) is 11.8 Å². The van der Waals surface area contributed by atoms with Crippen LogP contribution in [0.15, 0.2) is 0 Å². The highest BCUT2D eigenvalue weighted by molar-refractivity contribution is 7.98. The second-order valence-corrected chi connectivity index (χ2v) is 13.9. The highest BCUT2D eigenvalue weighted by atomic mass is 32.2. The number of carboxylic acids is 1. The van der Waals surface area contributed by atoms with Gasteiger partial charge in [-0.3, -0.25) is 28.8 Å². The van der Waals surface area contributed by atoms with Gasteiger partial charge in [0.1, 0.15) is 24.2 Å². The summed E-state index contributed by atoms with van der Waals surface area (Å²) >= 11 is 1.46. The van der Waals surface area contributed by atoms with E-state index in [1.54, 1.807) is 6.92 Å². The topological polar surface area (TPSA) is 197 Å². The van der Waals surface area contributed by atoms with Crippen LogP contribution >= 0.6 is 11.8 Å². The summed E-state index contributed by atoms with van der Waals surface area (Å²) in [6, 6.07) is -4.09. The van der Waals surface area contributed by atoms with Gasteiger partial charge < -0.3 is 32.1 Å². The molecular weight excluding hydrogens is 634 g/mol. The molecule has 48 heavy (non-hydrogen) atoms. The molecule has 0 aromatic carbocycles. The molecule has 0 unspecified atom stereocenters. The highest BCUT2D eigenvalue weighted by Gasteiger charge is 2.30. The molecule has 0 heterocycles. The van der Waals surface area contributed by atoms with E-state index >= 15 is 0 Å². The summed E-state index contributed by atoms with van der Waals surface area (Å²) < 4.78 is 0. The molecule has 12 nitrogen and oxygen atoms in total. The molecule has 278 valence electrons. The number of nitrogens with two attached hydrogens (primary N) is 1. The standard InChI is InChI=1S/C35H65N5O7S/c1-6-8-9-10-11-12-13-14-15-16-17-18-19-20-29(41)38-27(21-22-30(42)43)35(47)39-28(23-24-48-5)34(46)37-26(4)33(45)40-31(32(36)44)25(3)7-2/h25-28,31H,6-24H2,1-5H3,(H2,36,44)(H,37,46)(H,38,41)(H,39,47)(H,40,45)(H,42,43)/t25-,26-,27-,28-,31-/m0/s1. The van der Waals surface area contributed by atoms with E-state index in [2.05, 4.69) is 28.2 Å². The number of nitrogens with one attached hydrogen (secondary N) is 4. The lowest BCUT2D eigenvalue weighted by molar-refractivity contribution is -0.138. The number of carboxylic acid groups (broad SMARTS) is 1. The third kappa shape index (κ3) is 21.9. The summed E-state index contributed by atoms with van der Waals surface area (Å²) in [4.78, 5) is 75.0. The Morgan fingerprint density at radius 3 is 1.62 bits per heavy atom. The van der Waals surface area contributed by atoms with Crippen molar-refractivity contribution in [2.75, 3.05) is 12.0 Å². The van der Waals surface area contributed by atoms with E-state index in [4.69, 9.17) is 5.73 Å². The zero-order valence-corrected chi connectivity index (χ0v) is 31.0. The Kier molecular flexibility index (Phi) is 26.4. The monoisotopic (exact) mass is 699 g/mol. The zero-order chi connectivity index (χ0) is 36.3. The largest absolute Gasteiger partial charge is 0.481 e. The molecule has 0 saturated heterocycles. The van der Waals surface area contributed by atoms with Crippen molar-refractivity contribution in [2.24, 2.45) is 11.7 Å². The Hall–Kier alpha value is -2.83. The fourth-order valence-corrected chi connectivity index (χ4v) is 5.74. The Morgan fingerprint density at radius 1 is 0.646 bits per heavy atom. The van der Waals surface area contributed by atoms with Gasteiger partial charge in [0.2, 0.25) is 29.5 Å². The van der Waals surface area contributed by atoms with Gasteiger partial charge in [0.05, 0.1) is 0 Å². The van der Waals surface area contributed by atoms with Gasteiger partial charge in [0.25, 0.3) is 0 Å². The van der Waals surface area contributed by atoms with Crippen molar-refractivity contribution in [1.82, 2.24) is 21.3 Å². The lowest BCUT2D eigenvalue weighted by Crippen LogP contribution is -2.58. The number of hydrogen-bond donors (Lipinski definition) is 6. The molecule has 0 aliphatic rings. The molecular formula is C35H65N5O7S. The number of amides is 5. The Morgan fingerprint density at radius 2 is 1.15 bits per heavy atom. The summed E-state index contributed by atoms with van der Waals surface area (Å²) in [5, 5.41) is 19.7. The Labute approximate surface area is 293 Å². The maximum Gasteiger partial charge on any atom is 0.303 e. The van der Waals surface area contributed by atoms with Gasteiger partial charge >= 0.3 is 5.97 Å². The lowest BCUT2D eigenvalue weighted by Gasteiger charge is -2.26. The van der Waals surface area contributed by atoms with Crippen LogP contribution in [0.3, 0.4) is 0 Å². The van der Waals surface area contributed by atoms with E-state index in [1.807, 2.05) is 13.2 Å². The molecule has 5 atom stereocenters. The SMILES string of the molecule is CCCCCCCCCCCCCCCC(=O)N[C@@H](CCC(=O)O)C(=O)N[C@@H](CCSC)C(=O)N[C@@H](C)C(=O)N[C@H](C(N)=O)[C@@H](C)CC. The number of rotatable bonds is 30. The van der Waals surface area contributed by atoms with Crippen molar-refractivity contribution in [3.8, 4) is 0 Å².